The second-order valence-corrected chi connectivity index (χ2v) is 9.19. The van der Waals surface area contributed by atoms with Crippen LogP contribution in [-0.4, -0.2) is 39.4 Å². The van der Waals surface area contributed by atoms with Crippen LogP contribution < -0.4 is 5.32 Å². The summed E-state index contributed by atoms with van der Waals surface area (Å²) in [5.41, 5.74) is 4.57. The predicted molar refractivity (Wildman–Crippen MR) is 135 cm³/mol. The minimum Gasteiger partial charge on any atom is -0.462 e. The Kier molecular flexibility index (Phi) is 7.66. The molecule has 0 atom stereocenters. The van der Waals surface area contributed by atoms with Crippen LogP contribution in [0, 0.1) is 6.92 Å². The van der Waals surface area contributed by atoms with E-state index in [2.05, 4.69) is 44.8 Å². The summed E-state index contributed by atoms with van der Waals surface area (Å²) in [7, 11) is 0. The number of hydrogen-bond acceptors (Lipinski definition) is 8. The maximum atomic E-state index is 12.3. The first-order valence-electron chi connectivity index (χ1n) is 10.6. The lowest BCUT2D eigenvalue weighted by Crippen LogP contribution is -2.14. The minimum atomic E-state index is -0.433. The Morgan fingerprint density at radius 2 is 1.65 bits per heavy atom. The second kappa shape index (κ2) is 11.0. The number of anilines is 1. The number of aromatic nitrogens is 3. The fourth-order valence-electron chi connectivity index (χ4n) is 3.15. The first-order valence-corrected chi connectivity index (χ1v) is 12.4. The van der Waals surface area contributed by atoms with Gasteiger partial charge in [0.25, 0.3) is 0 Å². The molecule has 0 bridgehead atoms. The maximum absolute atomic E-state index is 12.3. The zero-order valence-corrected chi connectivity index (χ0v) is 20.3. The van der Waals surface area contributed by atoms with E-state index in [0.717, 1.165) is 33.7 Å². The molecule has 0 saturated carbocycles. The van der Waals surface area contributed by atoms with Crippen LogP contribution in [0.15, 0.2) is 71.8 Å². The van der Waals surface area contributed by atoms with E-state index in [1.54, 1.807) is 13.8 Å². The lowest BCUT2D eigenvalue weighted by Gasteiger charge is -2.05. The van der Waals surface area contributed by atoms with Crippen LogP contribution >= 0.6 is 23.1 Å². The molecule has 2 aromatic carbocycles. The van der Waals surface area contributed by atoms with Gasteiger partial charge < -0.3 is 10.1 Å². The van der Waals surface area contributed by atoms with Gasteiger partial charge in [-0.2, -0.15) is 0 Å². The monoisotopic (exact) mass is 490 g/mol. The van der Waals surface area contributed by atoms with Crippen molar-refractivity contribution in [2.24, 2.45) is 0 Å². The van der Waals surface area contributed by atoms with Crippen molar-refractivity contribution >= 4 is 40.1 Å². The van der Waals surface area contributed by atoms with E-state index >= 15 is 0 Å². The number of ether oxygens (including phenoxy) is 1. The molecule has 2 aromatic heterocycles. The largest absolute Gasteiger partial charge is 0.462 e. The summed E-state index contributed by atoms with van der Waals surface area (Å²) in [6, 6.07) is 22.1. The standard InChI is InChI=1S/C25H22N4O3S2/c1-3-32-24(31)23-16(2)26-25(34-23)27-21(30)15-33-22-14-13-20(28-29-22)19-11-9-18(10-12-19)17-7-5-4-6-8-17/h4-14H,3,15H2,1-2H3,(H,26,27,30). The molecular weight excluding hydrogens is 468 g/mol. The van der Waals surface area contributed by atoms with E-state index in [1.165, 1.54) is 11.8 Å². The Morgan fingerprint density at radius 3 is 2.32 bits per heavy atom. The minimum absolute atomic E-state index is 0.146. The Bertz CT molecular complexity index is 1270. The quantitative estimate of drug-likeness (QED) is 0.258. The highest BCUT2D eigenvalue weighted by Gasteiger charge is 2.17. The van der Waals surface area contributed by atoms with Crippen molar-refractivity contribution in [2.75, 3.05) is 17.7 Å². The van der Waals surface area contributed by atoms with Crippen molar-refractivity contribution in [1.82, 2.24) is 15.2 Å². The lowest BCUT2D eigenvalue weighted by atomic mass is 10.0. The summed E-state index contributed by atoms with van der Waals surface area (Å²) < 4.78 is 5.00. The SMILES string of the molecule is CCOC(=O)c1sc(NC(=O)CSc2ccc(-c3ccc(-c4ccccc4)cc3)nn2)nc1C. The molecule has 0 aliphatic carbocycles. The van der Waals surface area contributed by atoms with Crippen LogP contribution in [0.3, 0.4) is 0 Å². The van der Waals surface area contributed by atoms with Gasteiger partial charge in [0.15, 0.2) is 5.13 Å². The number of carbonyl (C=O) groups excluding carboxylic acids is 2. The number of hydrogen-bond donors (Lipinski definition) is 1. The van der Waals surface area contributed by atoms with Gasteiger partial charge in [-0.05, 0) is 37.1 Å². The second-order valence-electron chi connectivity index (χ2n) is 7.19. The molecule has 0 aliphatic heterocycles. The zero-order valence-electron chi connectivity index (χ0n) is 18.6. The number of nitrogens with one attached hydrogen (secondary N) is 1. The molecule has 0 unspecified atom stereocenters. The molecule has 0 fully saturated rings. The van der Waals surface area contributed by atoms with Crippen molar-refractivity contribution in [3.8, 4) is 22.4 Å². The Balaban J connectivity index is 1.32. The number of benzene rings is 2. The van der Waals surface area contributed by atoms with Gasteiger partial charge in [-0.3, -0.25) is 4.79 Å². The molecular formula is C25H22N4O3S2. The molecule has 34 heavy (non-hydrogen) atoms. The van der Waals surface area contributed by atoms with Gasteiger partial charge in [0.1, 0.15) is 9.90 Å². The third-order valence-electron chi connectivity index (χ3n) is 4.78. The van der Waals surface area contributed by atoms with E-state index in [9.17, 15) is 9.59 Å². The fraction of sp³-hybridized carbons (Fsp3) is 0.160. The van der Waals surface area contributed by atoms with Crippen LogP contribution in [0.4, 0.5) is 5.13 Å². The molecule has 7 nitrogen and oxygen atoms in total. The molecule has 2 heterocycles. The van der Waals surface area contributed by atoms with Crippen LogP contribution in [-0.2, 0) is 9.53 Å². The number of carbonyl (C=O) groups is 2. The van der Waals surface area contributed by atoms with E-state index < -0.39 is 5.97 Å². The first-order chi connectivity index (χ1) is 16.5. The first kappa shape index (κ1) is 23.6. The van der Waals surface area contributed by atoms with Gasteiger partial charge in [0, 0.05) is 5.56 Å². The highest BCUT2D eigenvalue weighted by atomic mass is 32.2. The summed E-state index contributed by atoms with van der Waals surface area (Å²) in [6.45, 7) is 3.73. The van der Waals surface area contributed by atoms with Crippen molar-refractivity contribution < 1.29 is 14.3 Å². The lowest BCUT2D eigenvalue weighted by molar-refractivity contribution is -0.113. The molecule has 1 N–H and O–H groups in total. The number of thioether (sulfide) groups is 1. The Hall–Kier alpha value is -3.56. The smallest absolute Gasteiger partial charge is 0.350 e. The van der Waals surface area contributed by atoms with Gasteiger partial charge in [0.05, 0.1) is 23.7 Å². The summed E-state index contributed by atoms with van der Waals surface area (Å²) in [5.74, 6) is -0.526. The maximum Gasteiger partial charge on any atom is 0.350 e. The zero-order chi connectivity index (χ0) is 23.9. The van der Waals surface area contributed by atoms with Gasteiger partial charge >= 0.3 is 5.97 Å². The van der Waals surface area contributed by atoms with Crippen LogP contribution in [0.25, 0.3) is 22.4 Å². The summed E-state index contributed by atoms with van der Waals surface area (Å²) >= 11 is 2.38. The summed E-state index contributed by atoms with van der Waals surface area (Å²) in [6.07, 6.45) is 0. The average Bonchev–Trinajstić information content (AvgIpc) is 3.23. The normalized spacial score (nSPS) is 10.6. The molecule has 172 valence electrons. The van der Waals surface area contributed by atoms with Gasteiger partial charge in [-0.25, -0.2) is 9.78 Å². The third kappa shape index (κ3) is 5.86. The van der Waals surface area contributed by atoms with E-state index in [4.69, 9.17) is 4.74 Å². The van der Waals surface area contributed by atoms with Crippen molar-refractivity contribution in [2.45, 2.75) is 18.9 Å². The number of aryl methyl sites for hydroxylation is 1. The molecule has 0 saturated heterocycles. The molecule has 0 aliphatic rings. The molecule has 1 amide bonds. The van der Waals surface area contributed by atoms with E-state index in [-0.39, 0.29) is 18.3 Å². The van der Waals surface area contributed by atoms with Crippen LogP contribution in [0.2, 0.25) is 0 Å². The third-order valence-corrected chi connectivity index (χ3v) is 6.76. The van der Waals surface area contributed by atoms with Crippen molar-refractivity contribution in [3.05, 3.63) is 77.3 Å². The van der Waals surface area contributed by atoms with Gasteiger partial charge in [-0.15, -0.1) is 10.2 Å². The van der Waals surface area contributed by atoms with Crippen LogP contribution in [0.5, 0.6) is 0 Å². The number of esters is 1. The summed E-state index contributed by atoms with van der Waals surface area (Å²) in [5, 5.41) is 12.3. The topological polar surface area (TPSA) is 94.1 Å². The van der Waals surface area contributed by atoms with Gasteiger partial charge in [-0.1, -0.05) is 77.7 Å². The highest BCUT2D eigenvalue weighted by molar-refractivity contribution is 7.99. The molecule has 4 aromatic rings. The fourth-order valence-corrected chi connectivity index (χ4v) is 4.64. The summed E-state index contributed by atoms with van der Waals surface area (Å²) in [4.78, 5) is 28.8. The Labute approximate surface area is 205 Å². The Morgan fingerprint density at radius 1 is 0.941 bits per heavy atom. The number of nitrogens with zero attached hydrogens (tertiary/aromatic N) is 3. The predicted octanol–water partition coefficient (Wildman–Crippen LogP) is 5.48. The average molecular weight is 491 g/mol. The molecule has 0 spiro atoms. The van der Waals surface area contributed by atoms with Crippen LogP contribution in [0.1, 0.15) is 22.3 Å². The molecule has 0 radical (unpaired) electrons. The van der Waals surface area contributed by atoms with Gasteiger partial charge in [0.2, 0.25) is 5.91 Å². The number of amides is 1. The number of thiazole rings is 1. The molecule has 4 rings (SSSR count). The highest BCUT2D eigenvalue weighted by Crippen LogP contribution is 2.26. The molecule has 9 heteroatoms. The van der Waals surface area contributed by atoms with Crippen molar-refractivity contribution in [3.63, 3.8) is 0 Å². The van der Waals surface area contributed by atoms with E-state index in [1.807, 2.05) is 42.5 Å². The number of rotatable bonds is 8. The van der Waals surface area contributed by atoms with E-state index in [0.29, 0.717) is 20.7 Å². The van der Waals surface area contributed by atoms with Crippen molar-refractivity contribution in [1.29, 1.82) is 0 Å².